The summed E-state index contributed by atoms with van der Waals surface area (Å²) in [5.74, 6) is 1.78. The fourth-order valence-corrected chi connectivity index (χ4v) is 2.49. The van der Waals surface area contributed by atoms with Gasteiger partial charge in [0.15, 0.2) is 0 Å². The molecule has 0 N–H and O–H groups in total. The van der Waals surface area contributed by atoms with E-state index in [0.717, 1.165) is 24.9 Å². The molecule has 2 rings (SSSR count). The van der Waals surface area contributed by atoms with Crippen LogP contribution in [0.15, 0.2) is 24.3 Å². The lowest BCUT2D eigenvalue weighted by Gasteiger charge is -2.33. The normalized spacial score (nSPS) is 24.5. The number of hydrogen-bond donors (Lipinski definition) is 0. The summed E-state index contributed by atoms with van der Waals surface area (Å²) in [6.45, 7) is 6.73. The van der Waals surface area contributed by atoms with Crippen LogP contribution in [0.3, 0.4) is 0 Å². The Kier molecular flexibility index (Phi) is 3.65. The fourth-order valence-electron chi connectivity index (χ4n) is 2.49. The van der Waals surface area contributed by atoms with Gasteiger partial charge in [-0.15, -0.1) is 0 Å². The van der Waals surface area contributed by atoms with Gasteiger partial charge in [0, 0.05) is 6.54 Å². The van der Waals surface area contributed by atoms with Crippen LogP contribution in [-0.4, -0.2) is 18.5 Å². The topological polar surface area (TPSA) is 3.24 Å². The van der Waals surface area contributed by atoms with Crippen molar-refractivity contribution in [1.82, 2.24) is 4.90 Å². The molecule has 16 heavy (non-hydrogen) atoms. The van der Waals surface area contributed by atoms with Gasteiger partial charge in [0.2, 0.25) is 0 Å². The number of hydrogen-bond acceptors (Lipinski definition) is 1. The number of benzene rings is 1. The van der Waals surface area contributed by atoms with Crippen LogP contribution in [-0.2, 0) is 6.54 Å². The first-order chi connectivity index (χ1) is 7.69. The average molecular weight is 217 g/mol. The molecule has 0 bridgehead atoms. The first-order valence-electron chi connectivity index (χ1n) is 6.46. The van der Waals surface area contributed by atoms with E-state index in [1.165, 1.54) is 18.4 Å². The van der Waals surface area contributed by atoms with Gasteiger partial charge in [-0.2, -0.15) is 0 Å². The van der Waals surface area contributed by atoms with E-state index in [0.29, 0.717) is 0 Å². The molecule has 1 aromatic carbocycles. The summed E-state index contributed by atoms with van der Waals surface area (Å²) in [4.78, 5) is 2.33. The predicted molar refractivity (Wildman–Crippen MR) is 69.6 cm³/mol. The van der Waals surface area contributed by atoms with E-state index in [-0.39, 0.29) is 0 Å². The van der Waals surface area contributed by atoms with E-state index >= 15 is 0 Å². The van der Waals surface area contributed by atoms with E-state index in [1.54, 1.807) is 5.56 Å². The molecule has 1 heteroatoms. The van der Waals surface area contributed by atoms with Crippen molar-refractivity contribution in [2.24, 2.45) is 5.92 Å². The van der Waals surface area contributed by atoms with E-state index in [9.17, 15) is 0 Å². The summed E-state index contributed by atoms with van der Waals surface area (Å²) in [6.07, 6.45) is 2.77. The molecule has 0 aromatic heterocycles. The van der Waals surface area contributed by atoms with Crippen molar-refractivity contribution in [3.8, 4) is 0 Å². The summed E-state index contributed by atoms with van der Waals surface area (Å²) in [5, 5.41) is 0. The van der Waals surface area contributed by atoms with Gasteiger partial charge >= 0.3 is 0 Å². The lowest BCUT2D eigenvalue weighted by Crippen LogP contribution is -2.19. The molecule has 1 saturated carbocycles. The number of rotatable bonds is 4. The van der Waals surface area contributed by atoms with Crippen LogP contribution in [0.4, 0.5) is 0 Å². The van der Waals surface area contributed by atoms with Gasteiger partial charge in [-0.1, -0.05) is 38.1 Å². The minimum atomic E-state index is 0.841. The van der Waals surface area contributed by atoms with Crippen molar-refractivity contribution in [1.29, 1.82) is 0 Å². The third kappa shape index (κ3) is 2.65. The molecule has 0 spiro atoms. The van der Waals surface area contributed by atoms with Gasteiger partial charge in [-0.3, -0.25) is 0 Å². The molecule has 0 radical (unpaired) electrons. The molecular formula is C15H23N. The van der Waals surface area contributed by atoms with Gasteiger partial charge in [0.1, 0.15) is 0 Å². The van der Waals surface area contributed by atoms with E-state index in [1.807, 2.05) is 0 Å². The highest BCUT2D eigenvalue weighted by Crippen LogP contribution is 2.40. The second-order valence-electron chi connectivity index (χ2n) is 5.35. The highest BCUT2D eigenvalue weighted by molar-refractivity contribution is 5.26. The lowest BCUT2D eigenvalue weighted by molar-refractivity contribution is 0.288. The second kappa shape index (κ2) is 5.01. The largest absolute Gasteiger partial charge is 0.302 e. The minimum Gasteiger partial charge on any atom is -0.302 e. The monoisotopic (exact) mass is 217 g/mol. The highest BCUT2D eigenvalue weighted by Gasteiger charge is 2.26. The van der Waals surface area contributed by atoms with Crippen LogP contribution >= 0.6 is 0 Å². The molecule has 1 aliphatic carbocycles. The zero-order valence-corrected chi connectivity index (χ0v) is 10.7. The standard InChI is InChI=1S/C15H23N/c1-4-16(3)11-13-5-7-14(8-6-13)15-9-12(2)10-15/h5-8,12,15H,4,9-11H2,1-3H3. The molecule has 1 aromatic rings. The van der Waals surface area contributed by atoms with Crippen LogP contribution in [0.25, 0.3) is 0 Å². The Labute approximate surface area is 99.5 Å². The predicted octanol–water partition coefficient (Wildman–Crippen LogP) is 3.65. The molecule has 0 aliphatic heterocycles. The maximum atomic E-state index is 2.35. The van der Waals surface area contributed by atoms with Crippen molar-refractivity contribution in [3.63, 3.8) is 0 Å². The van der Waals surface area contributed by atoms with Crippen LogP contribution in [0.5, 0.6) is 0 Å². The second-order valence-corrected chi connectivity index (χ2v) is 5.35. The van der Waals surface area contributed by atoms with Crippen molar-refractivity contribution in [2.75, 3.05) is 13.6 Å². The van der Waals surface area contributed by atoms with Crippen molar-refractivity contribution < 1.29 is 0 Å². The summed E-state index contributed by atoms with van der Waals surface area (Å²) >= 11 is 0. The molecular weight excluding hydrogens is 194 g/mol. The van der Waals surface area contributed by atoms with Gasteiger partial charge in [-0.05, 0) is 49.4 Å². The molecule has 0 saturated heterocycles. The fraction of sp³-hybridized carbons (Fsp3) is 0.600. The molecule has 1 aliphatic rings. The Balaban J connectivity index is 1.94. The summed E-state index contributed by atoms with van der Waals surface area (Å²) in [6, 6.07) is 9.25. The summed E-state index contributed by atoms with van der Waals surface area (Å²) in [7, 11) is 2.17. The van der Waals surface area contributed by atoms with Crippen molar-refractivity contribution >= 4 is 0 Å². The highest BCUT2D eigenvalue weighted by atomic mass is 15.1. The van der Waals surface area contributed by atoms with Gasteiger partial charge in [0.25, 0.3) is 0 Å². The average Bonchev–Trinajstić information content (AvgIpc) is 2.26. The number of nitrogens with zero attached hydrogens (tertiary/aromatic N) is 1. The zero-order valence-electron chi connectivity index (χ0n) is 10.7. The molecule has 0 unspecified atom stereocenters. The van der Waals surface area contributed by atoms with Gasteiger partial charge in [-0.25, -0.2) is 0 Å². The lowest BCUT2D eigenvalue weighted by atomic mass is 9.72. The van der Waals surface area contributed by atoms with Crippen LogP contribution in [0.1, 0.15) is 43.7 Å². The Bertz CT molecular complexity index is 322. The Hall–Kier alpha value is -0.820. The van der Waals surface area contributed by atoms with E-state index < -0.39 is 0 Å². The molecule has 88 valence electrons. The zero-order chi connectivity index (χ0) is 11.5. The van der Waals surface area contributed by atoms with Gasteiger partial charge < -0.3 is 4.90 Å². The third-order valence-electron chi connectivity index (χ3n) is 3.82. The molecule has 0 atom stereocenters. The Morgan fingerprint density at radius 3 is 2.31 bits per heavy atom. The maximum absolute atomic E-state index is 2.35. The summed E-state index contributed by atoms with van der Waals surface area (Å²) < 4.78 is 0. The summed E-state index contributed by atoms with van der Waals surface area (Å²) in [5.41, 5.74) is 2.97. The Morgan fingerprint density at radius 2 is 1.81 bits per heavy atom. The van der Waals surface area contributed by atoms with Crippen molar-refractivity contribution in [2.45, 2.75) is 39.2 Å². The smallest absolute Gasteiger partial charge is 0.0230 e. The first kappa shape index (κ1) is 11.7. The Morgan fingerprint density at radius 1 is 1.19 bits per heavy atom. The van der Waals surface area contributed by atoms with Crippen molar-refractivity contribution in [3.05, 3.63) is 35.4 Å². The molecule has 1 nitrogen and oxygen atoms in total. The van der Waals surface area contributed by atoms with E-state index in [4.69, 9.17) is 0 Å². The van der Waals surface area contributed by atoms with Crippen LogP contribution in [0.2, 0.25) is 0 Å². The molecule has 1 fully saturated rings. The first-order valence-corrected chi connectivity index (χ1v) is 6.46. The van der Waals surface area contributed by atoms with Crippen LogP contribution in [0, 0.1) is 5.92 Å². The molecule has 0 heterocycles. The van der Waals surface area contributed by atoms with Crippen LogP contribution < -0.4 is 0 Å². The minimum absolute atomic E-state index is 0.841. The van der Waals surface area contributed by atoms with E-state index in [2.05, 4.69) is 50.1 Å². The van der Waals surface area contributed by atoms with Gasteiger partial charge in [0.05, 0.1) is 0 Å². The maximum Gasteiger partial charge on any atom is 0.0230 e. The third-order valence-corrected chi connectivity index (χ3v) is 3.82. The quantitative estimate of drug-likeness (QED) is 0.744. The SMILES string of the molecule is CCN(C)Cc1ccc(C2CC(C)C2)cc1. The molecule has 0 amide bonds.